The first-order valence-corrected chi connectivity index (χ1v) is 6.48. The Morgan fingerprint density at radius 3 is 2.17 bits per heavy atom. The molecule has 0 aromatic heterocycles. The Morgan fingerprint density at radius 1 is 1.17 bits per heavy atom. The first-order chi connectivity index (χ1) is 8.27. The van der Waals surface area contributed by atoms with Gasteiger partial charge in [0.25, 0.3) is 0 Å². The van der Waals surface area contributed by atoms with Crippen LogP contribution in [-0.2, 0) is 9.59 Å². The smallest absolute Gasteiger partial charge is 0.307 e. The molecule has 0 spiro atoms. The van der Waals surface area contributed by atoms with Crippen molar-refractivity contribution >= 4 is 11.9 Å². The van der Waals surface area contributed by atoms with E-state index in [2.05, 4.69) is 24.1 Å². The van der Waals surface area contributed by atoms with Crippen LogP contribution in [0.5, 0.6) is 0 Å². The van der Waals surface area contributed by atoms with Crippen molar-refractivity contribution in [1.29, 1.82) is 0 Å². The van der Waals surface area contributed by atoms with E-state index in [1.165, 1.54) is 0 Å². The van der Waals surface area contributed by atoms with Crippen molar-refractivity contribution in [3.63, 3.8) is 0 Å². The summed E-state index contributed by atoms with van der Waals surface area (Å²) in [6.07, 6.45) is 0.870. The summed E-state index contributed by atoms with van der Waals surface area (Å²) in [5.41, 5.74) is 0. The van der Waals surface area contributed by atoms with Crippen molar-refractivity contribution in [2.75, 3.05) is 20.1 Å². The molecule has 0 saturated carbocycles. The Bertz CT molecular complexity index is 279. The minimum absolute atomic E-state index is 0.183. The van der Waals surface area contributed by atoms with Gasteiger partial charge in [0.2, 0.25) is 5.91 Å². The number of carbonyl (C=O) groups excluding carboxylic acids is 1. The molecule has 0 fully saturated rings. The molecular formula is C13H26N2O3. The van der Waals surface area contributed by atoms with E-state index in [1.807, 2.05) is 7.05 Å². The zero-order valence-electron chi connectivity index (χ0n) is 12.1. The zero-order valence-corrected chi connectivity index (χ0v) is 12.1. The third kappa shape index (κ3) is 6.00. The van der Waals surface area contributed by atoms with Gasteiger partial charge in [0.1, 0.15) is 0 Å². The minimum Gasteiger partial charge on any atom is -0.481 e. The predicted molar refractivity (Wildman–Crippen MR) is 71.4 cm³/mol. The average molecular weight is 258 g/mol. The molecule has 18 heavy (non-hydrogen) atoms. The molecule has 106 valence electrons. The van der Waals surface area contributed by atoms with Gasteiger partial charge in [-0.15, -0.1) is 0 Å². The fraction of sp³-hybridized carbons (Fsp3) is 0.846. The summed E-state index contributed by atoms with van der Waals surface area (Å²) < 4.78 is 0. The summed E-state index contributed by atoms with van der Waals surface area (Å²) in [5.74, 6) is -2.26. The van der Waals surface area contributed by atoms with E-state index >= 15 is 0 Å². The second kappa shape index (κ2) is 8.08. The molecule has 2 unspecified atom stereocenters. The molecule has 2 N–H and O–H groups in total. The molecule has 0 saturated heterocycles. The van der Waals surface area contributed by atoms with Crippen molar-refractivity contribution in [2.45, 2.75) is 40.2 Å². The highest BCUT2D eigenvalue weighted by Gasteiger charge is 2.25. The third-order valence-electron chi connectivity index (χ3n) is 3.42. The van der Waals surface area contributed by atoms with Crippen LogP contribution in [0.4, 0.5) is 0 Å². The summed E-state index contributed by atoms with van der Waals surface area (Å²) in [5, 5.41) is 11.6. The lowest BCUT2D eigenvalue weighted by Gasteiger charge is -2.21. The molecule has 0 heterocycles. The summed E-state index contributed by atoms with van der Waals surface area (Å²) >= 11 is 0. The average Bonchev–Trinajstić information content (AvgIpc) is 2.31. The minimum atomic E-state index is -0.933. The van der Waals surface area contributed by atoms with Crippen LogP contribution in [0, 0.1) is 11.8 Å². The maximum absolute atomic E-state index is 11.7. The number of hydrogen-bond donors (Lipinski definition) is 2. The second-order valence-corrected chi connectivity index (χ2v) is 5.13. The fourth-order valence-electron chi connectivity index (χ4n) is 1.40. The van der Waals surface area contributed by atoms with Crippen molar-refractivity contribution in [3.8, 4) is 0 Å². The fourth-order valence-corrected chi connectivity index (χ4v) is 1.40. The van der Waals surface area contributed by atoms with Gasteiger partial charge < -0.3 is 15.3 Å². The van der Waals surface area contributed by atoms with Gasteiger partial charge in [0.05, 0.1) is 5.92 Å². The number of hydrogen-bond acceptors (Lipinski definition) is 3. The highest BCUT2D eigenvalue weighted by molar-refractivity contribution is 5.84. The van der Waals surface area contributed by atoms with Crippen LogP contribution in [-0.4, -0.2) is 48.1 Å². The standard InChI is InChI=1S/C13H26N2O3/c1-9(2)15(5)8-6-7-14-12(16)10(3)11(4)13(17)18/h9-11H,6-8H2,1-5H3,(H,14,16)(H,17,18). The molecule has 0 rings (SSSR count). The monoisotopic (exact) mass is 258 g/mol. The number of carboxylic acids is 1. The number of aliphatic carboxylic acids is 1. The Kier molecular flexibility index (Phi) is 7.59. The number of amides is 1. The van der Waals surface area contributed by atoms with Crippen LogP contribution in [0.15, 0.2) is 0 Å². The lowest BCUT2D eigenvalue weighted by atomic mass is 9.95. The number of nitrogens with one attached hydrogen (secondary N) is 1. The normalized spacial score (nSPS) is 14.6. The van der Waals surface area contributed by atoms with E-state index in [1.54, 1.807) is 13.8 Å². The molecule has 5 nitrogen and oxygen atoms in total. The summed E-state index contributed by atoms with van der Waals surface area (Å²) in [6, 6.07) is 0.492. The Balaban J connectivity index is 3.87. The van der Waals surface area contributed by atoms with Gasteiger partial charge in [0.15, 0.2) is 0 Å². The summed E-state index contributed by atoms with van der Waals surface area (Å²) in [7, 11) is 2.04. The molecule has 0 bridgehead atoms. The van der Waals surface area contributed by atoms with Gasteiger partial charge in [-0.05, 0) is 33.9 Å². The van der Waals surface area contributed by atoms with Gasteiger partial charge in [-0.2, -0.15) is 0 Å². The van der Waals surface area contributed by atoms with Gasteiger partial charge in [-0.1, -0.05) is 13.8 Å². The summed E-state index contributed by atoms with van der Waals surface area (Å²) in [4.78, 5) is 24.6. The molecule has 0 aliphatic rings. The quantitative estimate of drug-likeness (QED) is 0.642. The first-order valence-electron chi connectivity index (χ1n) is 6.48. The van der Waals surface area contributed by atoms with Crippen molar-refractivity contribution in [3.05, 3.63) is 0 Å². The number of carbonyl (C=O) groups is 2. The van der Waals surface area contributed by atoms with Crippen LogP contribution in [0.3, 0.4) is 0 Å². The topological polar surface area (TPSA) is 69.6 Å². The van der Waals surface area contributed by atoms with Crippen LogP contribution in [0.1, 0.15) is 34.1 Å². The maximum Gasteiger partial charge on any atom is 0.307 e. The molecule has 0 aromatic carbocycles. The SMILES string of the molecule is CC(C(=O)O)C(C)C(=O)NCCCN(C)C(C)C. The molecule has 0 aromatic rings. The Hall–Kier alpha value is -1.10. The Labute approximate surface area is 110 Å². The molecular weight excluding hydrogens is 232 g/mol. The van der Waals surface area contributed by atoms with E-state index in [0.717, 1.165) is 13.0 Å². The molecule has 2 atom stereocenters. The third-order valence-corrected chi connectivity index (χ3v) is 3.42. The van der Waals surface area contributed by atoms with Crippen LogP contribution >= 0.6 is 0 Å². The molecule has 0 aliphatic carbocycles. The van der Waals surface area contributed by atoms with Crippen LogP contribution in [0.2, 0.25) is 0 Å². The number of carboxylic acid groups (broad SMARTS) is 1. The van der Waals surface area contributed by atoms with Crippen molar-refractivity contribution in [1.82, 2.24) is 10.2 Å². The number of rotatable bonds is 8. The largest absolute Gasteiger partial charge is 0.481 e. The van der Waals surface area contributed by atoms with Crippen molar-refractivity contribution < 1.29 is 14.7 Å². The second-order valence-electron chi connectivity index (χ2n) is 5.13. The van der Waals surface area contributed by atoms with E-state index in [9.17, 15) is 9.59 Å². The highest BCUT2D eigenvalue weighted by Crippen LogP contribution is 2.10. The van der Waals surface area contributed by atoms with Gasteiger partial charge in [0, 0.05) is 18.5 Å². The van der Waals surface area contributed by atoms with E-state index < -0.39 is 17.8 Å². The summed E-state index contributed by atoms with van der Waals surface area (Å²) in [6.45, 7) is 8.95. The highest BCUT2D eigenvalue weighted by atomic mass is 16.4. The van der Waals surface area contributed by atoms with Gasteiger partial charge in [-0.3, -0.25) is 9.59 Å². The molecule has 5 heteroatoms. The van der Waals surface area contributed by atoms with E-state index in [0.29, 0.717) is 12.6 Å². The molecule has 0 radical (unpaired) electrons. The van der Waals surface area contributed by atoms with Gasteiger partial charge >= 0.3 is 5.97 Å². The van der Waals surface area contributed by atoms with Crippen LogP contribution in [0.25, 0.3) is 0 Å². The van der Waals surface area contributed by atoms with Crippen LogP contribution < -0.4 is 5.32 Å². The molecule has 1 amide bonds. The first kappa shape index (κ1) is 16.9. The lowest BCUT2D eigenvalue weighted by Crippen LogP contribution is -2.37. The van der Waals surface area contributed by atoms with E-state index in [-0.39, 0.29) is 5.91 Å². The zero-order chi connectivity index (χ0) is 14.3. The van der Waals surface area contributed by atoms with Crippen molar-refractivity contribution in [2.24, 2.45) is 11.8 Å². The Morgan fingerprint density at radius 2 is 1.72 bits per heavy atom. The molecule has 0 aliphatic heterocycles. The lowest BCUT2D eigenvalue weighted by molar-refractivity contribution is -0.146. The predicted octanol–water partition coefficient (Wildman–Crippen LogP) is 1.19. The number of nitrogens with zero attached hydrogens (tertiary/aromatic N) is 1. The van der Waals surface area contributed by atoms with Gasteiger partial charge in [-0.25, -0.2) is 0 Å². The van der Waals surface area contributed by atoms with E-state index in [4.69, 9.17) is 5.11 Å². The maximum atomic E-state index is 11.7.